The van der Waals surface area contributed by atoms with E-state index in [1.54, 1.807) is 13.0 Å². The number of ketones is 1. The fourth-order valence-electron chi connectivity index (χ4n) is 7.24. The number of carbonyl (C=O) groups is 2. The van der Waals surface area contributed by atoms with Crippen molar-refractivity contribution in [3.05, 3.63) is 36.2 Å². The second-order valence-corrected chi connectivity index (χ2v) is 12.7. The van der Waals surface area contributed by atoms with Gasteiger partial charge in [-0.3, -0.25) is 0 Å². The minimum absolute atomic E-state index is 0.0752. The predicted octanol–water partition coefficient (Wildman–Crippen LogP) is 4.11. The van der Waals surface area contributed by atoms with Crippen LogP contribution in [0.4, 0.5) is 4.39 Å². The molecule has 2 N–H and O–H groups in total. The molecule has 0 radical (unpaired) electrons. The summed E-state index contributed by atoms with van der Waals surface area (Å²) in [6, 6.07) is 2.59. The van der Waals surface area contributed by atoms with Crippen LogP contribution in [-0.4, -0.2) is 47.8 Å². The third kappa shape index (κ3) is 5.55. The summed E-state index contributed by atoms with van der Waals surface area (Å²) in [6.45, 7) is 13.6. The molecule has 2 aliphatic carbocycles. The first-order valence-corrected chi connectivity index (χ1v) is 14.0. The maximum atomic E-state index is 14.6. The molecule has 214 valence electrons. The molecular formula is C30H42BFO7. The van der Waals surface area contributed by atoms with Crippen molar-refractivity contribution < 1.29 is 38.2 Å². The van der Waals surface area contributed by atoms with Gasteiger partial charge in [0.2, 0.25) is 0 Å². The summed E-state index contributed by atoms with van der Waals surface area (Å²) in [4.78, 5) is 25.2. The number of fused-ring (bicyclic) bond motifs is 3. The fraction of sp³-hybridized carbons (Fsp3) is 0.667. The lowest BCUT2D eigenvalue weighted by Crippen LogP contribution is -2.58. The lowest BCUT2D eigenvalue weighted by Gasteiger charge is -2.60. The zero-order valence-electron chi connectivity index (χ0n) is 23.8. The molecule has 2 bridgehead atoms. The largest absolute Gasteiger partial charge is 0.491 e. The molecule has 2 saturated carbocycles. The van der Waals surface area contributed by atoms with Crippen LogP contribution in [-0.2, 0) is 25.6 Å². The SMILES string of the molecule is C=C[C@]1(C)C[C@@H](OC(=O)COc2cc3c(cc2F)COB3O)[C@@]2(C)C[C@](CCC(C)=O)(CC[C@H]2C)[C@@H](C)[C@@H]1O. The van der Waals surface area contributed by atoms with Gasteiger partial charge in [0.1, 0.15) is 11.9 Å². The molecule has 9 heteroatoms. The highest BCUT2D eigenvalue weighted by atomic mass is 19.1. The number of aliphatic hydroxyl groups is 1. The Labute approximate surface area is 231 Å². The molecule has 0 amide bonds. The molecule has 7 atom stereocenters. The summed E-state index contributed by atoms with van der Waals surface area (Å²) in [7, 11) is -1.16. The number of hydrogen-bond donors (Lipinski definition) is 2. The second-order valence-electron chi connectivity index (χ2n) is 12.7. The van der Waals surface area contributed by atoms with Crippen molar-refractivity contribution in [2.75, 3.05) is 6.61 Å². The van der Waals surface area contributed by atoms with Crippen molar-refractivity contribution >= 4 is 24.3 Å². The maximum absolute atomic E-state index is 14.6. The Hall–Kier alpha value is -2.23. The van der Waals surface area contributed by atoms with Gasteiger partial charge in [-0.05, 0) is 79.4 Å². The van der Waals surface area contributed by atoms with Gasteiger partial charge in [-0.25, -0.2) is 9.18 Å². The van der Waals surface area contributed by atoms with E-state index in [1.165, 1.54) is 12.1 Å². The first-order valence-electron chi connectivity index (χ1n) is 14.0. The summed E-state index contributed by atoms with van der Waals surface area (Å²) in [6.07, 6.45) is 4.48. The average Bonchev–Trinajstić information content (AvgIpc) is 3.25. The number of esters is 1. The Kier molecular flexibility index (Phi) is 8.37. The summed E-state index contributed by atoms with van der Waals surface area (Å²) in [5, 5.41) is 21.6. The number of benzene rings is 1. The van der Waals surface area contributed by atoms with Crippen LogP contribution in [0.15, 0.2) is 24.8 Å². The van der Waals surface area contributed by atoms with E-state index in [4.69, 9.17) is 14.1 Å². The second kappa shape index (κ2) is 11.0. The number of Topliss-reactive ketones (excluding diaryl/α,β-unsaturated/α-hetero) is 1. The third-order valence-corrected chi connectivity index (χ3v) is 10.3. The van der Waals surface area contributed by atoms with Gasteiger partial charge >= 0.3 is 13.1 Å². The molecule has 4 rings (SSSR count). The quantitative estimate of drug-likeness (QED) is 0.289. The highest BCUT2D eigenvalue weighted by molar-refractivity contribution is 6.61. The van der Waals surface area contributed by atoms with Crippen molar-refractivity contribution in [2.24, 2.45) is 28.1 Å². The van der Waals surface area contributed by atoms with Crippen LogP contribution >= 0.6 is 0 Å². The average molecular weight is 544 g/mol. The minimum Gasteiger partial charge on any atom is -0.479 e. The summed E-state index contributed by atoms with van der Waals surface area (Å²) < 4.78 is 31.3. The molecule has 1 aromatic rings. The lowest BCUT2D eigenvalue weighted by atomic mass is 9.47. The Bertz CT molecular complexity index is 1130. The van der Waals surface area contributed by atoms with Crippen LogP contribution in [0.25, 0.3) is 0 Å². The first-order chi connectivity index (χ1) is 18.2. The molecule has 1 aliphatic heterocycles. The molecule has 1 heterocycles. The van der Waals surface area contributed by atoms with E-state index in [0.717, 1.165) is 19.3 Å². The predicted molar refractivity (Wildman–Crippen MR) is 146 cm³/mol. The van der Waals surface area contributed by atoms with Gasteiger partial charge in [0.05, 0.1) is 12.7 Å². The van der Waals surface area contributed by atoms with Crippen molar-refractivity contribution in [1.29, 1.82) is 0 Å². The lowest BCUT2D eigenvalue weighted by molar-refractivity contribution is -0.190. The molecular weight excluding hydrogens is 502 g/mol. The van der Waals surface area contributed by atoms with E-state index in [1.807, 2.05) is 6.92 Å². The molecule has 0 saturated heterocycles. The molecule has 3 aliphatic rings. The summed E-state index contributed by atoms with van der Waals surface area (Å²) >= 11 is 0. The van der Waals surface area contributed by atoms with Crippen LogP contribution in [0.2, 0.25) is 0 Å². The first kappa shape index (κ1) is 29.8. The molecule has 7 nitrogen and oxygen atoms in total. The molecule has 1 aromatic carbocycles. The number of rotatable bonds is 8. The van der Waals surface area contributed by atoms with Crippen LogP contribution in [0.3, 0.4) is 0 Å². The Balaban J connectivity index is 1.59. The zero-order chi connectivity index (χ0) is 28.8. The smallest absolute Gasteiger partial charge is 0.479 e. The van der Waals surface area contributed by atoms with Crippen molar-refractivity contribution in [2.45, 2.75) is 92.0 Å². The summed E-state index contributed by atoms with van der Waals surface area (Å²) in [5.74, 6) is -1.17. The Morgan fingerprint density at radius 3 is 2.69 bits per heavy atom. The topological polar surface area (TPSA) is 102 Å². The molecule has 0 aromatic heterocycles. The number of carbonyl (C=O) groups excluding carboxylic acids is 2. The maximum Gasteiger partial charge on any atom is 0.491 e. The Morgan fingerprint density at radius 1 is 1.31 bits per heavy atom. The van der Waals surface area contributed by atoms with Crippen LogP contribution in [0, 0.1) is 33.9 Å². The van der Waals surface area contributed by atoms with Crippen LogP contribution in [0.5, 0.6) is 5.75 Å². The monoisotopic (exact) mass is 544 g/mol. The van der Waals surface area contributed by atoms with Gasteiger partial charge in [0.25, 0.3) is 0 Å². The highest BCUT2D eigenvalue weighted by Crippen LogP contribution is 2.62. The van der Waals surface area contributed by atoms with E-state index in [9.17, 15) is 24.1 Å². The molecule has 0 unspecified atom stereocenters. The molecule has 2 fully saturated rings. The third-order valence-electron chi connectivity index (χ3n) is 10.3. The van der Waals surface area contributed by atoms with Gasteiger partial charge < -0.3 is 29.1 Å². The summed E-state index contributed by atoms with van der Waals surface area (Å²) in [5.41, 5.74) is -0.477. The highest BCUT2D eigenvalue weighted by Gasteiger charge is 2.58. The van der Waals surface area contributed by atoms with Gasteiger partial charge in [-0.2, -0.15) is 0 Å². The van der Waals surface area contributed by atoms with Crippen molar-refractivity contribution in [1.82, 2.24) is 0 Å². The number of halogens is 1. The van der Waals surface area contributed by atoms with Gasteiger partial charge in [0, 0.05) is 17.3 Å². The van der Waals surface area contributed by atoms with Crippen molar-refractivity contribution in [3.8, 4) is 5.75 Å². The van der Waals surface area contributed by atoms with E-state index >= 15 is 0 Å². The van der Waals surface area contributed by atoms with E-state index in [0.29, 0.717) is 30.3 Å². The van der Waals surface area contributed by atoms with Gasteiger partial charge in [-0.1, -0.05) is 33.8 Å². The zero-order valence-corrected chi connectivity index (χ0v) is 23.8. The molecule has 39 heavy (non-hydrogen) atoms. The van der Waals surface area contributed by atoms with Crippen LogP contribution in [0.1, 0.15) is 78.7 Å². The standard InChI is InChI=1S/C30H42BFO7/c1-7-28(5)14-25(39-26(34)16-37-24-13-22-21(12-23(24)32)15-38-31(22)36)29(6)17-30(10-8-18(29)2,11-9-19(3)33)20(4)27(28)35/h7,12-13,18,20,25,27,35-36H,1,8-11,14-17H2,2-6H3/t18-,20+,25-,27+,28-,29+,30-/m1/s1. The van der Waals surface area contributed by atoms with Crippen LogP contribution < -0.4 is 10.2 Å². The van der Waals surface area contributed by atoms with Gasteiger partial charge in [-0.15, -0.1) is 6.58 Å². The van der Waals surface area contributed by atoms with E-state index in [2.05, 4.69) is 27.4 Å². The number of ether oxygens (including phenoxy) is 2. The van der Waals surface area contributed by atoms with E-state index in [-0.39, 0.29) is 35.4 Å². The Morgan fingerprint density at radius 2 is 2.03 bits per heavy atom. The van der Waals surface area contributed by atoms with Crippen molar-refractivity contribution in [3.63, 3.8) is 0 Å². The fourth-order valence-corrected chi connectivity index (χ4v) is 7.24. The molecule has 0 spiro atoms. The number of hydrogen-bond acceptors (Lipinski definition) is 7. The van der Waals surface area contributed by atoms with E-state index < -0.39 is 48.5 Å². The van der Waals surface area contributed by atoms with Gasteiger partial charge in [0.15, 0.2) is 18.2 Å². The normalized spacial score (nSPS) is 35.9. The number of aliphatic hydroxyl groups excluding tert-OH is 1. The minimum atomic E-state index is -1.16.